The second-order valence-corrected chi connectivity index (χ2v) is 14.9. The van der Waals surface area contributed by atoms with Crippen molar-refractivity contribution in [3.05, 3.63) is 224 Å². The summed E-state index contributed by atoms with van der Waals surface area (Å²) in [5.74, 6) is 0. The Bertz CT molecular complexity index is 3210. The van der Waals surface area contributed by atoms with Gasteiger partial charge in [-0.05, 0) is 130 Å². The van der Waals surface area contributed by atoms with Gasteiger partial charge in [0.25, 0.3) is 0 Å². The molecule has 11 aromatic carbocycles. The molecule has 0 atom stereocenters. The van der Waals surface area contributed by atoms with Crippen LogP contribution in [0.2, 0.25) is 0 Å². The molecule has 0 aliphatic rings. The summed E-state index contributed by atoms with van der Waals surface area (Å²) in [6, 6.07) is 82.1. The number of nitrogens with zero attached hydrogens (tertiary/aromatic N) is 1. The van der Waals surface area contributed by atoms with Crippen LogP contribution >= 0.6 is 0 Å². The fourth-order valence-corrected chi connectivity index (χ4v) is 8.88. The van der Waals surface area contributed by atoms with Gasteiger partial charge in [0.15, 0.2) is 0 Å². The van der Waals surface area contributed by atoms with E-state index in [1.54, 1.807) is 0 Å². The molecule has 0 saturated heterocycles. The quantitative estimate of drug-likeness (QED) is 0.122. The molecule has 266 valence electrons. The van der Waals surface area contributed by atoms with Gasteiger partial charge in [-0.2, -0.15) is 0 Å². The van der Waals surface area contributed by atoms with Gasteiger partial charge in [-0.1, -0.05) is 176 Å². The molecule has 0 fully saturated rings. The first-order valence-electron chi connectivity index (χ1n) is 19.7. The lowest BCUT2D eigenvalue weighted by Gasteiger charge is -2.28. The fourth-order valence-electron chi connectivity index (χ4n) is 8.88. The molecule has 1 heteroatoms. The smallest absolute Gasteiger partial charge is 0.0540 e. The Morgan fingerprint density at radius 2 is 0.684 bits per heavy atom. The highest BCUT2D eigenvalue weighted by atomic mass is 15.1. The van der Waals surface area contributed by atoms with E-state index in [0.29, 0.717) is 0 Å². The first-order chi connectivity index (χ1) is 28.3. The summed E-state index contributed by atoms with van der Waals surface area (Å²) in [5.41, 5.74) is 10.5. The van der Waals surface area contributed by atoms with Crippen molar-refractivity contribution in [2.45, 2.75) is 0 Å². The standard InChI is InChI=1S/C56H37N/c1-3-15-38(16-4-1)40-21-13-23-45(33-40)57(46-24-14-22-41(34-46)39-17-5-2-6-18-39)56-32-31-47(48-25-11-12-28-52(48)56)44-29-30-51-53(37-44)49-26-9-10-27-50(49)54-35-42-19-7-8-20-43(42)36-55(51)54/h1-37H. The van der Waals surface area contributed by atoms with Crippen LogP contribution in [0, 0.1) is 0 Å². The third kappa shape index (κ3) is 5.72. The zero-order chi connectivity index (χ0) is 37.7. The molecule has 0 amide bonds. The van der Waals surface area contributed by atoms with Gasteiger partial charge in [0.2, 0.25) is 0 Å². The van der Waals surface area contributed by atoms with Gasteiger partial charge in [0, 0.05) is 16.8 Å². The van der Waals surface area contributed by atoms with Crippen LogP contribution < -0.4 is 4.90 Å². The summed E-state index contributed by atoms with van der Waals surface area (Å²) in [4.78, 5) is 2.43. The molecule has 1 nitrogen and oxygen atoms in total. The predicted molar refractivity (Wildman–Crippen MR) is 245 cm³/mol. The van der Waals surface area contributed by atoms with Crippen molar-refractivity contribution < 1.29 is 0 Å². The minimum Gasteiger partial charge on any atom is -0.310 e. The monoisotopic (exact) mass is 723 g/mol. The van der Waals surface area contributed by atoms with Crippen molar-refractivity contribution >= 4 is 70.9 Å². The van der Waals surface area contributed by atoms with Crippen molar-refractivity contribution in [3.8, 4) is 33.4 Å². The van der Waals surface area contributed by atoms with Crippen molar-refractivity contribution in [1.29, 1.82) is 0 Å². The van der Waals surface area contributed by atoms with Gasteiger partial charge in [-0.25, -0.2) is 0 Å². The molecular weight excluding hydrogens is 687 g/mol. The van der Waals surface area contributed by atoms with E-state index in [9.17, 15) is 0 Å². The average Bonchev–Trinajstić information content (AvgIpc) is 3.29. The van der Waals surface area contributed by atoms with Crippen molar-refractivity contribution in [2.24, 2.45) is 0 Å². The van der Waals surface area contributed by atoms with E-state index in [1.807, 2.05) is 0 Å². The van der Waals surface area contributed by atoms with Crippen LogP contribution in [0.5, 0.6) is 0 Å². The van der Waals surface area contributed by atoms with Gasteiger partial charge in [-0.15, -0.1) is 0 Å². The molecule has 0 aliphatic heterocycles. The Kier molecular flexibility index (Phi) is 7.89. The highest BCUT2D eigenvalue weighted by molar-refractivity contribution is 6.28. The van der Waals surface area contributed by atoms with Crippen molar-refractivity contribution in [2.75, 3.05) is 4.90 Å². The molecule has 0 N–H and O–H groups in total. The Balaban J connectivity index is 1.12. The van der Waals surface area contributed by atoms with Gasteiger partial charge in [0.05, 0.1) is 5.69 Å². The molecule has 0 aromatic heterocycles. The molecule has 0 aliphatic carbocycles. The number of benzene rings is 11. The largest absolute Gasteiger partial charge is 0.310 e. The summed E-state index contributed by atoms with van der Waals surface area (Å²) in [5, 5.41) is 12.7. The van der Waals surface area contributed by atoms with Crippen molar-refractivity contribution in [3.63, 3.8) is 0 Å². The number of fused-ring (bicyclic) bond motifs is 8. The van der Waals surface area contributed by atoms with E-state index in [4.69, 9.17) is 0 Å². The summed E-state index contributed by atoms with van der Waals surface area (Å²) >= 11 is 0. The average molecular weight is 724 g/mol. The maximum atomic E-state index is 2.43. The molecule has 11 aromatic rings. The van der Waals surface area contributed by atoms with Gasteiger partial charge in [0.1, 0.15) is 0 Å². The lowest BCUT2D eigenvalue weighted by Crippen LogP contribution is -2.11. The maximum absolute atomic E-state index is 2.43. The fraction of sp³-hybridized carbons (Fsp3) is 0. The first-order valence-corrected chi connectivity index (χ1v) is 19.7. The zero-order valence-electron chi connectivity index (χ0n) is 31.3. The Morgan fingerprint density at radius 1 is 0.228 bits per heavy atom. The Labute approximate surface area is 332 Å². The lowest BCUT2D eigenvalue weighted by molar-refractivity contribution is 1.30. The zero-order valence-corrected chi connectivity index (χ0v) is 31.3. The number of hydrogen-bond acceptors (Lipinski definition) is 1. The summed E-state index contributed by atoms with van der Waals surface area (Å²) in [7, 11) is 0. The Morgan fingerprint density at radius 3 is 1.26 bits per heavy atom. The second-order valence-electron chi connectivity index (χ2n) is 14.9. The molecule has 0 unspecified atom stereocenters. The highest BCUT2D eigenvalue weighted by Gasteiger charge is 2.19. The number of hydrogen-bond donors (Lipinski definition) is 0. The van der Waals surface area contributed by atoms with Crippen molar-refractivity contribution in [1.82, 2.24) is 0 Å². The van der Waals surface area contributed by atoms with E-state index in [-0.39, 0.29) is 0 Å². The SMILES string of the molecule is c1ccc(-c2cccc(N(c3cccc(-c4ccccc4)c3)c3ccc(-c4ccc5c(c4)c4ccccc4c4cc6ccccc6cc54)c4ccccc34)c2)cc1. The second kappa shape index (κ2) is 13.7. The third-order valence-electron chi connectivity index (χ3n) is 11.6. The van der Waals surface area contributed by atoms with Crippen LogP contribution in [0.4, 0.5) is 17.1 Å². The summed E-state index contributed by atoms with van der Waals surface area (Å²) < 4.78 is 0. The molecule has 0 saturated carbocycles. The van der Waals surface area contributed by atoms with Gasteiger partial charge < -0.3 is 4.90 Å². The van der Waals surface area contributed by atoms with E-state index in [0.717, 1.165) is 17.1 Å². The molecule has 0 radical (unpaired) electrons. The minimum absolute atomic E-state index is 1.11. The minimum atomic E-state index is 1.11. The summed E-state index contributed by atoms with van der Waals surface area (Å²) in [6.07, 6.45) is 0. The van der Waals surface area contributed by atoms with Crippen LogP contribution in [0.25, 0.3) is 87.2 Å². The van der Waals surface area contributed by atoms with Gasteiger partial charge >= 0.3 is 0 Å². The molecule has 0 heterocycles. The third-order valence-corrected chi connectivity index (χ3v) is 11.6. The maximum Gasteiger partial charge on any atom is 0.0540 e. The molecule has 0 spiro atoms. The van der Waals surface area contributed by atoms with E-state index in [2.05, 4.69) is 229 Å². The van der Waals surface area contributed by atoms with E-state index >= 15 is 0 Å². The van der Waals surface area contributed by atoms with Gasteiger partial charge in [-0.3, -0.25) is 0 Å². The van der Waals surface area contributed by atoms with E-state index in [1.165, 1.54) is 87.2 Å². The molecule has 11 rings (SSSR count). The number of anilines is 3. The summed E-state index contributed by atoms with van der Waals surface area (Å²) in [6.45, 7) is 0. The van der Waals surface area contributed by atoms with E-state index < -0.39 is 0 Å². The molecular formula is C56H37N. The first kappa shape index (κ1) is 32.9. The topological polar surface area (TPSA) is 3.24 Å². The van der Waals surface area contributed by atoms with Crippen LogP contribution in [0.1, 0.15) is 0 Å². The number of rotatable bonds is 6. The molecule has 57 heavy (non-hydrogen) atoms. The normalized spacial score (nSPS) is 11.5. The van der Waals surface area contributed by atoms with Crippen LogP contribution in [-0.4, -0.2) is 0 Å². The lowest BCUT2D eigenvalue weighted by atomic mass is 9.89. The van der Waals surface area contributed by atoms with Crippen LogP contribution in [0.3, 0.4) is 0 Å². The van der Waals surface area contributed by atoms with Crippen LogP contribution in [-0.2, 0) is 0 Å². The Hall–Kier alpha value is -7.48. The van der Waals surface area contributed by atoms with Crippen LogP contribution in [0.15, 0.2) is 224 Å². The predicted octanol–water partition coefficient (Wildman–Crippen LogP) is 15.9. The highest BCUT2D eigenvalue weighted by Crippen LogP contribution is 2.45. The molecule has 0 bridgehead atoms.